The number of carboxylic acids is 1. The van der Waals surface area contributed by atoms with Crippen LogP contribution in [0.2, 0.25) is 0 Å². The number of carbonyl (C=O) groups is 1. The third kappa shape index (κ3) is 5.01. The molecule has 22 heavy (non-hydrogen) atoms. The van der Waals surface area contributed by atoms with Crippen LogP contribution in [0.4, 0.5) is 5.69 Å². The monoisotopic (exact) mass is 303 g/mol. The van der Waals surface area contributed by atoms with Gasteiger partial charge in [0.2, 0.25) is 0 Å². The van der Waals surface area contributed by atoms with Gasteiger partial charge in [0.15, 0.2) is 0 Å². The van der Waals surface area contributed by atoms with Gasteiger partial charge in [-0.3, -0.25) is 0 Å². The zero-order valence-electron chi connectivity index (χ0n) is 12.7. The fourth-order valence-corrected chi connectivity index (χ4v) is 1.92. The third-order valence-corrected chi connectivity index (χ3v) is 3.10. The number of hydrogen-bond donors (Lipinski definition) is 3. The van der Waals surface area contributed by atoms with Gasteiger partial charge in [0.25, 0.3) is 0 Å². The molecule has 0 atom stereocenters. The zero-order valence-corrected chi connectivity index (χ0v) is 12.7. The highest BCUT2D eigenvalue weighted by molar-refractivity contribution is 5.91. The Bertz CT molecular complexity index is 595. The smallest absolute Gasteiger partial charge is 0.339 e. The van der Waals surface area contributed by atoms with Crippen LogP contribution in [0.15, 0.2) is 48.5 Å². The summed E-state index contributed by atoms with van der Waals surface area (Å²) in [7, 11) is 0. The molecule has 0 aliphatic heterocycles. The highest BCUT2D eigenvalue weighted by Crippen LogP contribution is 2.21. The Morgan fingerprint density at radius 2 is 1.59 bits per heavy atom. The van der Waals surface area contributed by atoms with Crippen molar-refractivity contribution < 1.29 is 20.1 Å². The lowest BCUT2D eigenvalue weighted by Gasteiger charge is -2.20. The Balaban J connectivity index is 0.000000220. The van der Waals surface area contributed by atoms with Gasteiger partial charge in [-0.15, -0.1) is 0 Å². The summed E-state index contributed by atoms with van der Waals surface area (Å²) in [6.07, 6.45) is 0. The molecular formula is C17H21NO4. The minimum absolute atomic E-state index is 0.180. The standard InChI is InChI=1S/C10H15N.C7H6O4/c1-3-11(4-2)10-8-6-5-7-9-10;8-4-1-2-6(9)5(3-4)7(10)11/h5-9H,3-4H2,1-2H3;1-3,8-9H,(H,10,11). The molecule has 0 spiro atoms. The predicted molar refractivity (Wildman–Crippen MR) is 86.7 cm³/mol. The Labute approximate surface area is 130 Å². The second kappa shape index (κ2) is 8.56. The molecule has 0 heterocycles. The van der Waals surface area contributed by atoms with Crippen molar-refractivity contribution in [2.45, 2.75) is 13.8 Å². The topological polar surface area (TPSA) is 81.0 Å². The van der Waals surface area contributed by atoms with E-state index in [1.807, 2.05) is 6.07 Å². The van der Waals surface area contributed by atoms with E-state index >= 15 is 0 Å². The summed E-state index contributed by atoms with van der Waals surface area (Å²) < 4.78 is 0. The minimum atomic E-state index is -1.27. The maximum Gasteiger partial charge on any atom is 0.339 e. The number of aromatic carboxylic acids is 1. The maximum absolute atomic E-state index is 10.3. The van der Waals surface area contributed by atoms with Gasteiger partial charge in [0.05, 0.1) is 0 Å². The first kappa shape index (κ1) is 17.4. The zero-order chi connectivity index (χ0) is 16.5. The Kier molecular flexibility index (Phi) is 6.76. The van der Waals surface area contributed by atoms with Gasteiger partial charge in [-0.25, -0.2) is 4.79 Å². The highest BCUT2D eigenvalue weighted by Gasteiger charge is 2.08. The van der Waals surface area contributed by atoms with Crippen LogP contribution < -0.4 is 4.90 Å². The lowest BCUT2D eigenvalue weighted by molar-refractivity contribution is 0.0693. The first-order valence-electron chi connectivity index (χ1n) is 7.04. The summed E-state index contributed by atoms with van der Waals surface area (Å²) in [5.41, 5.74) is 1.02. The van der Waals surface area contributed by atoms with E-state index in [9.17, 15) is 4.79 Å². The lowest BCUT2D eigenvalue weighted by atomic mass is 10.2. The largest absolute Gasteiger partial charge is 0.508 e. The van der Waals surface area contributed by atoms with E-state index in [4.69, 9.17) is 15.3 Å². The molecule has 0 aliphatic rings. The number of anilines is 1. The number of phenols is 2. The number of nitrogens with zero attached hydrogens (tertiary/aromatic N) is 1. The number of rotatable bonds is 4. The van der Waals surface area contributed by atoms with Crippen LogP contribution in [0.1, 0.15) is 24.2 Å². The Hall–Kier alpha value is -2.69. The van der Waals surface area contributed by atoms with Crippen molar-refractivity contribution in [1.82, 2.24) is 0 Å². The summed E-state index contributed by atoms with van der Waals surface area (Å²) in [4.78, 5) is 12.6. The fraction of sp³-hybridized carbons (Fsp3) is 0.235. The van der Waals surface area contributed by atoms with E-state index < -0.39 is 5.97 Å². The molecule has 0 aromatic heterocycles. The van der Waals surface area contributed by atoms with Gasteiger partial charge < -0.3 is 20.2 Å². The van der Waals surface area contributed by atoms with E-state index in [1.165, 1.54) is 11.8 Å². The Morgan fingerprint density at radius 1 is 1.00 bits per heavy atom. The SMILES string of the molecule is CCN(CC)c1ccccc1.O=C(O)c1cc(O)ccc1O. The molecule has 0 bridgehead atoms. The van der Waals surface area contributed by atoms with Gasteiger partial charge in [-0.05, 0) is 44.2 Å². The van der Waals surface area contributed by atoms with E-state index in [0.29, 0.717) is 0 Å². The van der Waals surface area contributed by atoms with Crippen molar-refractivity contribution in [1.29, 1.82) is 0 Å². The molecular weight excluding hydrogens is 282 g/mol. The molecule has 0 aliphatic carbocycles. The molecule has 2 aromatic rings. The van der Waals surface area contributed by atoms with E-state index in [2.05, 4.69) is 43.0 Å². The van der Waals surface area contributed by atoms with Crippen molar-refractivity contribution in [3.05, 3.63) is 54.1 Å². The number of carboxylic acid groups (broad SMARTS) is 1. The van der Waals surface area contributed by atoms with Crippen LogP contribution in [0, 0.1) is 0 Å². The molecule has 0 saturated heterocycles. The highest BCUT2D eigenvalue weighted by atomic mass is 16.4. The summed E-state index contributed by atoms with van der Waals surface area (Å²) >= 11 is 0. The van der Waals surface area contributed by atoms with Gasteiger partial charge in [-0.2, -0.15) is 0 Å². The molecule has 3 N–H and O–H groups in total. The van der Waals surface area contributed by atoms with Crippen LogP contribution in [-0.4, -0.2) is 34.4 Å². The van der Waals surface area contributed by atoms with Gasteiger partial charge in [0.1, 0.15) is 17.1 Å². The van der Waals surface area contributed by atoms with Crippen LogP contribution >= 0.6 is 0 Å². The number of aromatic hydroxyl groups is 2. The summed E-state index contributed by atoms with van der Waals surface area (Å²) in [5.74, 6) is -1.80. The van der Waals surface area contributed by atoms with Crippen molar-refractivity contribution >= 4 is 11.7 Å². The molecule has 2 aromatic carbocycles. The number of phenolic OH excluding ortho intramolecular Hbond substituents is 1. The van der Waals surface area contributed by atoms with Gasteiger partial charge in [0, 0.05) is 18.8 Å². The molecule has 5 nitrogen and oxygen atoms in total. The normalized spacial score (nSPS) is 9.55. The molecule has 0 radical (unpaired) electrons. The van der Waals surface area contributed by atoms with Crippen LogP contribution in [0.5, 0.6) is 11.5 Å². The van der Waals surface area contributed by atoms with E-state index in [0.717, 1.165) is 25.2 Å². The molecule has 0 saturated carbocycles. The average molecular weight is 303 g/mol. The molecule has 0 amide bonds. The summed E-state index contributed by atoms with van der Waals surface area (Å²) in [5, 5.41) is 26.1. The molecule has 2 rings (SSSR count). The number of benzene rings is 2. The number of para-hydroxylation sites is 1. The second-order valence-corrected chi connectivity index (χ2v) is 4.51. The van der Waals surface area contributed by atoms with Gasteiger partial charge >= 0.3 is 5.97 Å². The summed E-state index contributed by atoms with van der Waals surface area (Å²) in [6, 6.07) is 13.8. The molecule has 5 heteroatoms. The minimum Gasteiger partial charge on any atom is -0.508 e. The van der Waals surface area contributed by atoms with Crippen molar-refractivity contribution in [3.8, 4) is 11.5 Å². The Morgan fingerprint density at radius 3 is 2.05 bits per heavy atom. The van der Waals surface area contributed by atoms with Crippen LogP contribution in [0.3, 0.4) is 0 Å². The molecule has 118 valence electrons. The predicted octanol–water partition coefficient (Wildman–Crippen LogP) is 3.33. The third-order valence-electron chi connectivity index (χ3n) is 3.10. The van der Waals surface area contributed by atoms with E-state index in [1.54, 1.807) is 0 Å². The first-order valence-corrected chi connectivity index (χ1v) is 7.04. The number of hydrogen-bond acceptors (Lipinski definition) is 4. The average Bonchev–Trinajstić information content (AvgIpc) is 2.52. The van der Waals surface area contributed by atoms with Crippen molar-refractivity contribution in [2.24, 2.45) is 0 Å². The molecule has 0 unspecified atom stereocenters. The second-order valence-electron chi connectivity index (χ2n) is 4.51. The fourth-order valence-electron chi connectivity index (χ4n) is 1.92. The molecule has 0 fully saturated rings. The van der Waals surface area contributed by atoms with E-state index in [-0.39, 0.29) is 17.1 Å². The van der Waals surface area contributed by atoms with Crippen molar-refractivity contribution in [2.75, 3.05) is 18.0 Å². The van der Waals surface area contributed by atoms with Crippen LogP contribution in [0.25, 0.3) is 0 Å². The van der Waals surface area contributed by atoms with Gasteiger partial charge in [-0.1, -0.05) is 18.2 Å². The van der Waals surface area contributed by atoms with Crippen LogP contribution in [-0.2, 0) is 0 Å². The first-order chi connectivity index (χ1) is 10.5. The lowest BCUT2D eigenvalue weighted by Crippen LogP contribution is -2.21. The quantitative estimate of drug-likeness (QED) is 0.755. The summed E-state index contributed by atoms with van der Waals surface area (Å²) in [6.45, 7) is 6.52. The van der Waals surface area contributed by atoms with Crippen molar-refractivity contribution in [3.63, 3.8) is 0 Å². The maximum atomic E-state index is 10.3.